The normalized spacial score (nSPS) is 31.5. The van der Waals surface area contributed by atoms with Crippen molar-refractivity contribution in [2.45, 2.75) is 50.4 Å². The molecule has 3 unspecified atom stereocenters. The van der Waals surface area contributed by atoms with Crippen molar-refractivity contribution >= 4 is 0 Å². The Morgan fingerprint density at radius 2 is 1.71 bits per heavy atom. The van der Waals surface area contributed by atoms with E-state index in [0.717, 1.165) is 46.6 Å². The summed E-state index contributed by atoms with van der Waals surface area (Å²) in [5.41, 5.74) is 2.31. The molecular formula is C30H37N2O2+. The molecule has 4 nitrogen and oxygen atoms in total. The summed E-state index contributed by atoms with van der Waals surface area (Å²) in [6, 6.07) is 20.1. The fraction of sp³-hybridized carbons (Fsp3) is 0.567. The Bertz CT molecular complexity index is 1060. The molecule has 3 fully saturated rings. The molecule has 4 heteroatoms. The van der Waals surface area contributed by atoms with Crippen LogP contribution in [-0.2, 0) is 11.8 Å². The fourth-order valence-electron chi connectivity index (χ4n) is 7.56. The molecule has 0 radical (unpaired) electrons. The molecule has 1 saturated heterocycles. The monoisotopic (exact) mass is 457 g/mol. The first-order valence-electron chi connectivity index (χ1n) is 13.3. The van der Waals surface area contributed by atoms with E-state index in [0.29, 0.717) is 12.7 Å². The number of quaternary nitrogens is 1. The number of fused-ring (bicyclic) bond motifs is 2. The van der Waals surface area contributed by atoms with Gasteiger partial charge in [-0.15, -0.1) is 0 Å². The first-order chi connectivity index (χ1) is 16.6. The summed E-state index contributed by atoms with van der Waals surface area (Å²) >= 11 is 0. The highest BCUT2D eigenvalue weighted by atomic mass is 16.7. The molecule has 0 amide bonds. The van der Waals surface area contributed by atoms with Gasteiger partial charge in [0, 0.05) is 18.3 Å². The lowest BCUT2D eigenvalue weighted by atomic mass is 9.63. The smallest absolute Gasteiger partial charge is 0.231 e. The maximum absolute atomic E-state index is 10.6. The minimum Gasteiger partial charge on any atom is -0.454 e. The quantitative estimate of drug-likeness (QED) is 0.500. The summed E-state index contributed by atoms with van der Waals surface area (Å²) in [6.45, 7) is 4.04. The van der Waals surface area contributed by atoms with Crippen LogP contribution in [0.3, 0.4) is 0 Å². The molecule has 0 aromatic heterocycles. The number of likely N-dealkylation sites (tertiary alicyclic amines) is 1. The molecule has 2 heterocycles. The molecule has 3 atom stereocenters. The second kappa shape index (κ2) is 8.61. The van der Waals surface area contributed by atoms with Crippen LogP contribution in [0.25, 0.3) is 0 Å². The summed E-state index contributed by atoms with van der Waals surface area (Å²) in [6.07, 6.45) is 8.48. The topological polar surface area (TPSA) is 42.2 Å². The SMILES string of the molecule is C[N+]1(CCc2ccc3c(c2)OCO3)CC2C(CC(C#N)(c3ccccc3)C3CCCCC3)C2C1. The molecule has 0 spiro atoms. The summed E-state index contributed by atoms with van der Waals surface area (Å²) in [5.74, 6) is 4.58. The van der Waals surface area contributed by atoms with E-state index in [2.05, 4.69) is 55.6 Å². The van der Waals surface area contributed by atoms with Gasteiger partial charge in [0.15, 0.2) is 11.5 Å². The van der Waals surface area contributed by atoms with Gasteiger partial charge in [0.05, 0.1) is 38.2 Å². The summed E-state index contributed by atoms with van der Waals surface area (Å²) in [7, 11) is 2.44. The van der Waals surface area contributed by atoms with Crippen molar-refractivity contribution < 1.29 is 14.0 Å². The van der Waals surface area contributed by atoms with Crippen LogP contribution < -0.4 is 9.47 Å². The minimum atomic E-state index is -0.299. The molecule has 178 valence electrons. The van der Waals surface area contributed by atoms with Crippen LogP contribution in [0, 0.1) is 35.0 Å². The Kier molecular flexibility index (Phi) is 5.57. The lowest BCUT2D eigenvalue weighted by Crippen LogP contribution is -2.46. The number of piperidine rings is 1. The van der Waals surface area contributed by atoms with Gasteiger partial charge in [-0.2, -0.15) is 5.26 Å². The van der Waals surface area contributed by atoms with Gasteiger partial charge in [-0.1, -0.05) is 55.7 Å². The van der Waals surface area contributed by atoms with Gasteiger partial charge >= 0.3 is 0 Å². The van der Waals surface area contributed by atoms with Crippen molar-refractivity contribution in [3.05, 3.63) is 59.7 Å². The van der Waals surface area contributed by atoms with Crippen LogP contribution in [0.15, 0.2) is 48.5 Å². The van der Waals surface area contributed by atoms with Crippen LogP contribution in [0.2, 0.25) is 0 Å². The first kappa shape index (κ1) is 22.0. The fourth-order valence-corrected chi connectivity index (χ4v) is 7.56. The highest BCUT2D eigenvalue weighted by Gasteiger charge is 2.63. The van der Waals surface area contributed by atoms with Crippen molar-refractivity contribution in [2.24, 2.45) is 23.7 Å². The zero-order valence-corrected chi connectivity index (χ0v) is 20.4. The standard InChI is InChI=1S/C30H37N2O2/c1-32(15-14-22-12-13-28-29(16-22)34-21-33-28)18-26-25(27(26)19-32)17-30(20-31,23-8-4-2-5-9-23)24-10-6-3-7-11-24/h2,4-5,8-9,12-13,16,24-27H,3,6-7,10-11,14-15,17-19,21H2,1H3/q+1. The predicted molar refractivity (Wildman–Crippen MR) is 132 cm³/mol. The Balaban J connectivity index is 1.12. The predicted octanol–water partition coefficient (Wildman–Crippen LogP) is 5.71. The third-order valence-electron chi connectivity index (χ3n) is 9.54. The average Bonchev–Trinajstić information content (AvgIpc) is 3.21. The van der Waals surface area contributed by atoms with Gasteiger partial charge in [-0.25, -0.2) is 0 Å². The Morgan fingerprint density at radius 3 is 2.44 bits per heavy atom. The maximum Gasteiger partial charge on any atom is 0.231 e. The van der Waals surface area contributed by atoms with Crippen LogP contribution in [0.1, 0.15) is 49.7 Å². The molecule has 2 saturated carbocycles. The molecule has 0 bridgehead atoms. The van der Waals surface area contributed by atoms with Gasteiger partial charge in [0.2, 0.25) is 6.79 Å². The molecule has 4 aliphatic rings. The number of rotatable bonds is 7. The van der Waals surface area contributed by atoms with E-state index in [1.165, 1.54) is 62.9 Å². The van der Waals surface area contributed by atoms with Crippen LogP contribution in [-0.4, -0.2) is 38.0 Å². The number of nitriles is 1. The van der Waals surface area contributed by atoms with Gasteiger partial charge in [-0.05, 0) is 54.4 Å². The van der Waals surface area contributed by atoms with Gasteiger partial charge in [0.1, 0.15) is 0 Å². The Hall–Kier alpha value is -2.51. The number of hydrogen-bond acceptors (Lipinski definition) is 3. The molecule has 34 heavy (non-hydrogen) atoms. The summed E-state index contributed by atoms with van der Waals surface area (Å²) < 4.78 is 12.2. The molecule has 2 aliphatic heterocycles. The van der Waals surface area contributed by atoms with E-state index in [9.17, 15) is 5.26 Å². The van der Waals surface area contributed by atoms with E-state index in [1.54, 1.807) is 0 Å². The van der Waals surface area contributed by atoms with Crippen LogP contribution >= 0.6 is 0 Å². The van der Waals surface area contributed by atoms with Crippen molar-refractivity contribution in [2.75, 3.05) is 33.5 Å². The second-order valence-electron chi connectivity index (χ2n) is 11.6. The third-order valence-corrected chi connectivity index (χ3v) is 9.54. The van der Waals surface area contributed by atoms with Crippen molar-refractivity contribution in [3.8, 4) is 17.6 Å². The molecule has 6 rings (SSSR count). The number of nitrogens with zero attached hydrogens (tertiary/aromatic N) is 2. The molecule has 2 aromatic rings. The molecular weight excluding hydrogens is 420 g/mol. The highest BCUT2D eigenvalue weighted by molar-refractivity contribution is 5.44. The second-order valence-corrected chi connectivity index (χ2v) is 11.6. The average molecular weight is 458 g/mol. The Morgan fingerprint density at radius 1 is 0.971 bits per heavy atom. The maximum atomic E-state index is 10.6. The molecule has 0 N–H and O–H groups in total. The van der Waals surface area contributed by atoms with Gasteiger partial charge in [-0.3, -0.25) is 0 Å². The van der Waals surface area contributed by atoms with E-state index in [-0.39, 0.29) is 5.41 Å². The van der Waals surface area contributed by atoms with Gasteiger partial charge in [0.25, 0.3) is 0 Å². The van der Waals surface area contributed by atoms with E-state index < -0.39 is 0 Å². The van der Waals surface area contributed by atoms with Crippen LogP contribution in [0.5, 0.6) is 11.5 Å². The van der Waals surface area contributed by atoms with E-state index >= 15 is 0 Å². The number of benzene rings is 2. The van der Waals surface area contributed by atoms with Crippen molar-refractivity contribution in [3.63, 3.8) is 0 Å². The largest absolute Gasteiger partial charge is 0.454 e. The van der Waals surface area contributed by atoms with E-state index in [4.69, 9.17) is 9.47 Å². The highest BCUT2D eigenvalue weighted by Crippen LogP contribution is 2.60. The zero-order valence-electron chi connectivity index (χ0n) is 20.4. The number of likely N-dealkylation sites (N-methyl/N-ethyl adjacent to an activating group) is 1. The summed E-state index contributed by atoms with van der Waals surface area (Å²) in [5, 5.41) is 10.6. The number of ether oxygens (including phenoxy) is 2. The van der Waals surface area contributed by atoms with Crippen LogP contribution in [0.4, 0.5) is 0 Å². The third kappa shape index (κ3) is 3.89. The van der Waals surface area contributed by atoms with E-state index in [1.807, 2.05) is 6.07 Å². The minimum absolute atomic E-state index is 0.299. The lowest BCUT2D eigenvalue weighted by molar-refractivity contribution is -0.903. The molecule has 2 aliphatic carbocycles. The van der Waals surface area contributed by atoms with Gasteiger partial charge < -0.3 is 14.0 Å². The first-order valence-corrected chi connectivity index (χ1v) is 13.3. The Labute approximate surface area is 204 Å². The summed E-state index contributed by atoms with van der Waals surface area (Å²) in [4.78, 5) is 0. The number of hydrogen-bond donors (Lipinski definition) is 0. The molecule has 2 aromatic carbocycles. The lowest BCUT2D eigenvalue weighted by Gasteiger charge is -2.39. The zero-order chi connectivity index (χ0) is 23.2. The van der Waals surface area contributed by atoms with Crippen molar-refractivity contribution in [1.82, 2.24) is 0 Å². The van der Waals surface area contributed by atoms with Crippen molar-refractivity contribution in [1.29, 1.82) is 5.26 Å².